The first-order valence-electron chi connectivity index (χ1n) is 8.88. The third-order valence-electron chi connectivity index (χ3n) is 4.58. The first kappa shape index (κ1) is 21.4. The number of likely N-dealkylation sites (N-methyl/N-ethyl adjacent to an activating group) is 1. The zero-order valence-corrected chi connectivity index (χ0v) is 17.9. The number of carbonyl (C=O) groups excluding carboxylic acids is 1. The molecule has 2 aromatic heterocycles. The molecule has 0 spiro atoms. The molecule has 4 rings (SSSR count). The largest absolute Gasteiger partial charge is 0.353 e. The van der Waals surface area contributed by atoms with Gasteiger partial charge in [0.05, 0.1) is 21.3 Å². The van der Waals surface area contributed by atoms with E-state index in [1.54, 1.807) is 12.1 Å². The maximum Gasteiger partial charge on any atom is 0.269 e. The van der Waals surface area contributed by atoms with E-state index in [0.717, 1.165) is 27.4 Å². The Kier molecular flexibility index (Phi) is 6.65. The summed E-state index contributed by atoms with van der Waals surface area (Å²) in [5.74, 6) is -0.219. The number of H-pyrrole nitrogens is 1. The van der Waals surface area contributed by atoms with Crippen molar-refractivity contribution in [2.75, 3.05) is 20.1 Å². The average Bonchev–Trinajstić information content (AvgIpc) is 3.08. The summed E-state index contributed by atoms with van der Waals surface area (Å²) in [6.45, 7) is 1.20. The minimum absolute atomic E-state index is 0. The minimum Gasteiger partial charge on any atom is -0.353 e. The molecule has 0 atom stereocenters. The van der Waals surface area contributed by atoms with Crippen LogP contribution < -0.4 is 10.6 Å². The average molecular weight is 450 g/mol. The van der Waals surface area contributed by atoms with Crippen molar-refractivity contribution < 1.29 is 4.79 Å². The molecule has 2 heterocycles. The molecule has 150 valence electrons. The van der Waals surface area contributed by atoms with Crippen LogP contribution in [-0.2, 0) is 0 Å². The molecule has 1 amide bonds. The van der Waals surface area contributed by atoms with Gasteiger partial charge < -0.3 is 15.6 Å². The summed E-state index contributed by atoms with van der Waals surface area (Å²) in [7, 11) is 1.84. The van der Waals surface area contributed by atoms with Crippen LogP contribution in [0.25, 0.3) is 33.1 Å². The number of pyridine rings is 1. The van der Waals surface area contributed by atoms with Gasteiger partial charge in [0.1, 0.15) is 5.69 Å². The number of rotatable bonds is 5. The van der Waals surface area contributed by atoms with Crippen LogP contribution in [0.5, 0.6) is 0 Å². The summed E-state index contributed by atoms with van der Waals surface area (Å²) in [6.07, 6.45) is 0. The second-order valence-electron chi connectivity index (χ2n) is 6.44. The second-order valence-corrected chi connectivity index (χ2v) is 7.25. The molecule has 0 radical (unpaired) electrons. The van der Waals surface area contributed by atoms with E-state index in [9.17, 15) is 4.79 Å². The number of nitrogens with zero attached hydrogens (tertiary/aromatic N) is 1. The maximum absolute atomic E-state index is 12.7. The summed E-state index contributed by atoms with van der Waals surface area (Å²) in [5, 5.41) is 8.77. The lowest BCUT2D eigenvalue weighted by atomic mass is 10.1. The molecule has 0 fully saturated rings. The van der Waals surface area contributed by atoms with Crippen molar-refractivity contribution in [1.29, 1.82) is 0 Å². The Morgan fingerprint density at radius 2 is 1.83 bits per heavy atom. The SMILES string of the molecule is CNCCNC(=O)c1cc2c([nH]c3ccccc32)c(-c2ccc(Cl)c(Cl)c2)n1.Cl. The lowest BCUT2D eigenvalue weighted by Crippen LogP contribution is -2.31. The third kappa shape index (κ3) is 4.19. The number of hydrogen-bond donors (Lipinski definition) is 3. The standard InChI is InChI=1S/C21H18Cl2N4O.ClH/c1-24-8-9-25-21(28)18-11-14-13-4-2-3-5-17(13)26-20(14)19(27-18)12-6-7-15(22)16(23)10-12;/h2-7,10-11,24,26H,8-9H2,1H3,(H,25,28);1H. The number of halogens is 3. The zero-order chi connectivity index (χ0) is 19.7. The number of aromatic amines is 1. The number of nitrogens with one attached hydrogen (secondary N) is 3. The molecule has 0 aliphatic rings. The second kappa shape index (κ2) is 9.01. The van der Waals surface area contributed by atoms with Crippen molar-refractivity contribution in [3.8, 4) is 11.3 Å². The summed E-state index contributed by atoms with van der Waals surface area (Å²) in [6, 6.07) is 15.1. The van der Waals surface area contributed by atoms with Gasteiger partial charge >= 0.3 is 0 Å². The van der Waals surface area contributed by atoms with Crippen molar-refractivity contribution in [2.24, 2.45) is 0 Å². The van der Waals surface area contributed by atoms with Crippen LogP contribution in [-0.4, -0.2) is 36.0 Å². The van der Waals surface area contributed by atoms with Crippen LogP contribution in [0.2, 0.25) is 10.0 Å². The van der Waals surface area contributed by atoms with E-state index in [-0.39, 0.29) is 18.3 Å². The Labute approximate surface area is 184 Å². The molecule has 2 aromatic carbocycles. The van der Waals surface area contributed by atoms with Crippen LogP contribution in [0, 0.1) is 0 Å². The molecule has 0 aliphatic heterocycles. The zero-order valence-electron chi connectivity index (χ0n) is 15.6. The van der Waals surface area contributed by atoms with Crippen LogP contribution in [0.3, 0.4) is 0 Å². The molecule has 29 heavy (non-hydrogen) atoms. The molecule has 0 bridgehead atoms. The number of fused-ring (bicyclic) bond motifs is 3. The van der Waals surface area contributed by atoms with Gasteiger partial charge in [-0.05, 0) is 31.3 Å². The lowest BCUT2D eigenvalue weighted by molar-refractivity contribution is 0.0949. The molecule has 0 saturated carbocycles. The third-order valence-corrected chi connectivity index (χ3v) is 5.32. The van der Waals surface area contributed by atoms with Gasteiger partial charge in [-0.1, -0.05) is 47.5 Å². The summed E-state index contributed by atoms with van der Waals surface area (Å²) >= 11 is 12.3. The quantitative estimate of drug-likeness (QED) is 0.373. The molecule has 0 saturated heterocycles. The van der Waals surface area contributed by atoms with Crippen molar-refractivity contribution in [3.05, 3.63) is 64.3 Å². The fourth-order valence-corrected chi connectivity index (χ4v) is 3.50. The topological polar surface area (TPSA) is 69.8 Å². The molecule has 8 heteroatoms. The highest BCUT2D eigenvalue weighted by Gasteiger charge is 2.17. The summed E-state index contributed by atoms with van der Waals surface area (Å²) < 4.78 is 0. The molecule has 0 unspecified atom stereocenters. The van der Waals surface area contributed by atoms with E-state index in [1.807, 2.05) is 43.4 Å². The Hall–Kier alpha value is -2.31. The van der Waals surface area contributed by atoms with Gasteiger partial charge in [0.25, 0.3) is 5.91 Å². The summed E-state index contributed by atoms with van der Waals surface area (Å²) in [5.41, 5.74) is 3.64. The molecular weight excluding hydrogens is 431 g/mol. The number of benzene rings is 2. The fraction of sp³-hybridized carbons (Fsp3) is 0.143. The van der Waals surface area contributed by atoms with E-state index in [2.05, 4.69) is 20.6 Å². The molecular formula is C21H19Cl3N4O. The Morgan fingerprint density at radius 3 is 2.59 bits per heavy atom. The van der Waals surface area contributed by atoms with Gasteiger partial charge in [-0.25, -0.2) is 4.98 Å². The highest BCUT2D eigenvalue weighted by molar-refractivity contribution is 6.42. The molecule has 0 aliphatic carbocycles. The van der Waals surface area contributed by atoms with Crippen molar-refractivity contribution >= 4 is 63.3 Å². The van der Waals surface area contributed by atoms with Gasteiger partial charge in [-0.2, -0.15) is 0 Å². The van der Waals surface area contributed by atoms with E-state index in [1.165, 1.54) is 0 Å². The predicted octanol–water partition coefficient (Wildman–Crippen LogP) is 5.06. The number of para-hydroxylation sites is 1. The predicted molar refractivity (Wildman–Crippen MR) is 123 cm³/mol. The monoisotopic (exact) mass is 448 g/mol. The highest BCUT2D eigenvalue weighted by Crippen LogP contribution is 2.35. The number of hydrogen-bond acceptors (Lipinski definition) is 3. The van der Waals surface area contributed by atoms with E-state index in [0.29, 0.717) is 34.5 Å². The van der Waals surface area contributed by atoms with Crippen molar-refractivity contribution in [1.82, 2.24) is 20.6 Å². The number of amides is 1. The van der Waals surface area contributed by atoms with Gasteiger partial charge in [-0.15, -0.1) is 12.4 Å². The maximum atomic E-state index is 12.7. The van der Waals surface area contributed by atoms with Crippen LogP contribution in [0.15, 0.2) is 48.5 Å². The normalized spacial score (nSPS) is 10.9. The Bertz CT molecular complexity index is 1190. The fourth-order valence-electron chi connectivity index (χ4n) is 3.21. The molecule has 3 N–H and O–H groups in total. The van der Waals surface area contributed by atoms with Crippen LogP contribution in [0.4, 0.5) is 0 Å². The van der Waals surface area contributed by atoms with Gasteiger partial charge in [0.2, 0.25) is 0 Å². The minimum atomic E-state index is -0.219. The number of carbonyl (C=O) groups is 1. The molecule has 4 aromatic rings. The highest BCUT2D eigenvalue weighted by atomic mass is 35.5. The van der Waals surface area contributed by atoms with Gasteiger partial charge in [0, 0.05) is 34.9 Å². The number of aromatic nitrogens is 2. The Balaban J connectivity index is 0.00000240. The lowest BCUT2D eigenvalue weighted by Gasteiger charge is -2.09. The smallest absolute Gasteiger partial charge is 0.269 e. The van der Waals surface area contributed by atoms with Crippen LogP contribution >= 0.6 is 35.6 Å². The van der Waals surface area contributed by atoms with Gasteiger partial charge in [-0.3, -0.25) is 4.79 Å². The van der Waals surface area contributed by atoms with Crippen molar-refractivity contribution in [2.45, 2.75) is 0 Å². The van der Waals surface area contributed by atoms with E-state index >= 15 is 0 Å². The first-order valence-corrected chi connectivity index (χ1v) is 9.64. The molecule has 5 nitrogen and oxygen atoms in total. The Morgan fingerprint density at radius 1 is 1.03 bits per heavy atom. The summed E-state index contributed by atoms with van der Waals surface area (Å²) in [4.78, 5) is 20.7. The van der Waals surface area contributed by atoms with Crippen molar-refractivity contribution in [3.63, 3.8) is 0 Å². The van der Waals surface area contributed by atoms with E-state index < -0.39 is 0 Å². The van der Waals surface area contributed by atoms with E-state index in [4.69, 9.17) is 23.2 Å². The van der Waals surface area contributed by atoms with Gasteiger partial charge in [0.15, 0.2) is 0 Å². The van der Waals surface area contributed by atoms with Crippen LogP contribution in [0.1, 0.15) is 10.5 Å². The first-order chi connectivity index (χ1) is 13.6.